The predicted octanol–water partition coefficient (Wildman–Crippen LogP) is 3.58. The zero-order valence-electron chi connectivity index (χ0n) is 10.1. The summed E-state index contributed by atoms with van der Waals surface area (Å²) in [5.74, 6) is 0. The first kappa shape index (κ1) is 13.5. The van der Waals surface area contributed by atoms with Crippen LogP contribution in [0, 0.1) is 10.1 Å². The van der Waals surface area contributed by atoms with Crippen LogP contribution in [0.4, 0.5) is 5.69 Å². The van der Waals surface area contributed by atoms with Crippen LogP contribution in [-0.4, -0.2) is 20.0 Å². The topological polar surface area (TPSA) is 61.0 Å². The molecule has 19 heavy (non-hydrogen) atoms. The lowest BCUT2D eigenvalue weighted by Crippen LogP contribution is -1.99. The largest absolute Gasteiger partial charge is 0.294 e. The molecular weight excluding hydrogens is 310 g/mol. The van der Waals surface area contributed by atoms with Crippen LogP contribution in [0.3, 0.4) is 0 Å². The molecule has 5 nitrogen and oxygen atoms in total. The molecule has 0 saturated carbocycles. The smallest absolute Gasteiger partial charge is 0.258 e. The molecule has 0 amide bonds. The van der Waals surface area contributed by atoms with E-state index in [0.717, 1.165) is 17.3 Å². The molecule has 0 spiro atoms. The summed E-state index contributed by atoms with van der Waals surface area (Å²) in [4.78, 5) is 10.6. The van der Waals surface area contributed by atoms with Crippen LogP contribution in [0.25, 0.3) is 11.8 Å². The van der Waals surface area contributed by atoms with E-state index in [1.807, 2.05) is 12.2 Å². The summed E-state index contributed by atoms with van der Waals surface area (Å²) >= 11 is 3.34. The van der Waals surface area contributed by atoms with Crippen molar-refractivity contribution in [2.75, 3.05) is 5.33 Å². The van der Waals surface area contributed by atoms with Gasteiger partial charge in [0.25, 0.3) is 5.69 Å². The maximum Gasteiger partial charge on any atom is 0.294 e. The Morgan fingerprint density at radius 1 is 1.42 bits per heavy atom. The van der Waals surface area contributed by atoms with Gasteiger partial charge in [-0.15, -0.1) is 0 Å². The molecule has 0 fully saturated rings. The number of aromatic nitrogens is 2. The molecule has 1 aromatic heterocycles. The van der Waals surface area contributed by atoms with Gasteiger partial charge in [0.05, 0.1) is 11.1 Å². The number of alkyl halides is 1. The van der Waals surface area contributed by atoms with E-state index in [-0.39, 0.29) is 5.69 Å². The van der Waals surface area contributed by atoms with E-state index < -0.39 is 4.92 Å². The molecule has 1 heterocycles. The zero-order valence-corrected chi connectivity index (χ0v) is 11.7. The first-order valence-electron chi connectivity index (χ1n) is 5.73. The number of hydrogen-bond acceptors (Lipinski definition) is 3. The summed E-state index contributed by atoms with van der Waals surface area (Å²) in [6.07, 6.45) is 8.35. The van der Waals surface area contributed by atoms with Gasteiger partial charge in [-0.2, -0.15) is 5.10 Å². The average molecular weight is 322 g/mol. The Balaban J connectivity index is 2.30. The molecule has 2 aromatic rings. The lowest BCUT2D eigenvalue weighted by Gasteiger charge is -2.01. The number of para-hydroxylation sites is 2. The Hall–Kier alpha value is -1.95. The predicted molar refractivity (Wildman–Crippen MR) is 77.7 cm³/mol. The Bertz CT molecular complexity index is 607. The lowest BCUT2D eigenvalue weighted by atomic mass is 10.2. The van der Waals surface area contributed by atoms with Gasteiger partial charge in [-0.05, 0) is 12.5 Å². The number of halogens is 1. The molecule has 0 aliphatic heterocycles. The molecule has 0 N–H and O–H groups in total. The molecule has 0 atom stereocenters. The summed E-state index contributed by atoms with van der Waals surface area (Å²) in [6, 6.07) is 6.54. The number of rotatable bonds is 5. The third-order valence-corrected chi connectivity index (χ3v) is 2.97. The van der Waals surface area contributed by atoms with E-state index in [0.29, 0.717) is 5.69 Å². The number of hydrogen-bond donors (Lipinski definition) is 0. The first-order chi connectivity index (χ1) is 9.22. The van der Waals surface area contributed by atoms with Gasteiger partial charge >= 0.3 is 0 Å². The van der Waals surface area contributed by atoms with Crippen LogP contribution in [0.1, 0.15) is 12.0 Å². The second kappa shape index (κ2) is 6.29. The van der Waals surface area contributed by atoms with Crippen molar-refractivity contribution >= 4 is 27.7 Å². The minimum absolute atomic E-state index is 0.0431. The van der Waals surface area contributed by atoms with E-state index in [2.05, 4.69) is 21.0 Å². The Morgan fingerprint density at radius 2 is 2.21 bits per heavy atom. The monoisotopic (exact) mass is 321 g/mol. The fourth-order valence-corrected chi connectivity index (χ4v) is 1.91. The molecule has 0 bridgehead atoms. The van der Waals surface area contributed by atoms with Crippen LogP contribution in [0.2, 0.25) is 0 Å². The summed E-state index contributed by atoms with van der Waals surface area (Å²) < 4.78 is 1.52. The molecule has 1 aromatic carbocycles. The van der Waals surface area contributed by atoms with E-state index in [4.69, 9.17) is 0 Å². The number of nitro benzene ring substituents is 1. The summed E-state index contributed by atoms with van der Waals surface area (Å²) in [6.45, 7) is 0. The highest BCUT2D eigenvalue weighted by Crippen LogP contribution is 2.21. The third kappa shape index (κ3) is 3.29. The van der Waals surface area contributed by atoms with Crippen molar-refractivity contribution in [3.05, 3.63) is 58.4 Å². The first-order valence-corrected chi connectivity index (χ1v) is 6.85. The average Bonchev–Trinajstić information content (AvgIpc) is 2.88. The minimum Gasteiger partial charge on any atom is -0.258 e. The van der Waals surface area contributed by atoms with Crippen molar-refractivity contribution < 1.29 is 4.92 Å². The van der Waals surface area contributed by atoms with E-state index in [1.54, 1.807) is 30.6 Å². The van der Waals surface area contributed by atoms with Crippen molar-refractivity contribution in [1.82, 2.24) is 9.78 Å². The number of benzene rings is 1. The number of allylic oxidation sites excluding steroid dienone is 1. The summed E-state index contributed by atoms with van der Waals surface area (Å²) in [5, 5.41) is 16.0. The molecular formula is C13H12BrN3O2. The highest BCUT2D eigenvalue weighted by molar-refractivity contribution is 9.09. The van der Waals surface area contributed by atoms with Gasteiger partial charge in [0, 0.05) is 23.2 Å². The van der Waals surface area contributed by atoms with Crippen LogP contribution in [0.15, 0.2) is 42.7 Å². The van der Waals surface area contributed by atoms with Crippen LogP contribution in [-0.2, 0) is 0 Å². The molecule has 0 unspecified atom stereocenters. The maximum absolute atomic E-state index is 11.0. The van der Waals surface area contributed by atoms with Gasteiger partial charge in [-0.1, -0.05) is 40.2 Å². The fourth-order valence-electron chi connectivity index (χ4n) is 1.65. The van der Waals surface area contributed by atoms with Crippen molar-refractivity contribution in [3.63, 3.8) is 0 Å². The van der Waals surface area contributed by atoms with Gasteiger partial charge in [0.1, 0.15) is 5.69 Å². The second-order valence-corrected chi connectivity index (χ2v) is 4.64. The standard InChI is InChI=1S/C13H12BrN3O2/c14-8-4-3-5-11-9-15-16(10-11)12-6-1-2-7-13(12)17(18)19/h1-3,5-7,9-10H,4,8H2. The highest BCUT2D eigenvalue weighted by Gasteiger charge is 2.14. The molecule has 2 rings (SSSR count). The van der Waals surface area contributed by atoms with Crippen molar-refractivity contribution in [3.8, 4) is 5.69 Å². The molecule has 0 saturated heterocycles. The molecule has 0 radical (unpaired) electrons. The molecule has 0 aliphatic carbocycles. The SMILES string of the molecule is O=[N+]([O-])c1ccccc1-n1cc(C=CCCBr)cn1. The number of nitro groups is 1. The van der Waals surface area contributed by atoms with E-state index >= 15 is 0 Å². The van der Waals surface area contributed by atoms with Gasteiger partial charge < -0.3 is 0 Å². The molecule has 6 heteroatoms. The van der Waals surface area contributed by atoms with Gasteiger partial charge in [0.2, 0.25) is 0 Å². The van der Waals surface area contributed by atoms with Gasteiger partial charge in [-0.3, -0.25) is 10.1 Å². The van der Waals surface area contributed by atoms with Gasteiger partial charge in [-0.25, -0.2) is 4.68 Å². The van der Waals surface area contributed by atoms with Crippen LogP contribution < -0.4 is 0 Å². The second-order valence-electron chi connectivity index (χ2n) is 3.84. The minimum atomic E-state index is -0.405. The van der Waals surface area contributed by atoms with Crippen molar-refractivity contribution in [1.29, 1.82) is 0 Å². The van der Waals surface area contributed by atoms with Crippen molar-refractivity contribution in [2.24, 2.45) is 0 Å². The lowest BCUT2D eigenvalue weighted by molar-refractivity contribution is -0.384. The molecule has 98 valence electrons. The summed E-state index contributed by atoms with van der Waals surface area (Å²) in [5.41, 5.74) is 1.42. The third-order valence-electron chi connectivity index (χ3n) is 2.51. The maximum atomic E-state index is 11.0. The fraction of sp³-hybridized carbons (Fsp3) is 0.154. The van der Waals surface area contributed by atoms with E-state index in [9.17, 15) is 10.1 Å². The normalized spacial score (nSPS) is 11.0. The Labute approximate surface area is 118 Å². The van der Waals surface area contributed by atoms with Crippen LogP contribution >= 0.6 is 15.9 Å². The Kier molecular flexibility index (Phi) is 4.46. The van der Waals surface area contributed by atoms with E-state index in [1.165, 1.54) is 10.7 Å². The zero-order chi connectivity index (χ0) is 13.7. The van der Waals surface area contributed by atoms with Crippen LogP contribution in [0.5, 0.6) is 0 Å². The highest BCUT2D eigenvalue weighted by atomic mass is 79.9. The Morgan fingerprint density at radius 3 is 2.95 bits per heavy atom. The summed E-state index contributed by atoms with van der Waals surface area (Å²) in [7, 11) is 0. The van der Waals surface area contributed by atoms with Gasteiger partial charge in [0.15, 0.2) is 0 Å². The van der Waals surface area contributed by atoms with Crippen molar-refractivity contribution in [2.45, 2.75) is 6.42 Å². The number of nitrogens with zero attached hydrogens (tertiary/aromatic N) is 3. The molecule has 0 aliphatic rings. The quantitative estimate of drug-likeness (QED) is 0.480.